The first kappa shape index (κ1) is 13.6. The predicted molar refractivity (Wildman–Crippen MR) is 77.0 cm³/mol. The first-order valence-corrected chi connectivity index (χ1v) is 7.88. The molecule has 2 N–H and O–H groups in total. The topological polar surface area (TPSA) is 67.4 Å². The molecule has 5 nitrogen and oxygen atoms in total. The molecule has 1 amide bonds. The SMILES string of the molecule is CCOC(=O)c1ccsc1NC(=O)C1CC2CCC1N2. The number of thiophene rings is 1. The second-order valence-corrected chi connectivity index (χ2v) is 6.18. The highest BCUT2D eigenvalue weighted by molar-refractivity contribution is 7.14. The van der Waals surface area contributed by atoms with Crippen LogP contribution < -0.4 is 10.6 Å². The Morgan fingerprint density at radius 3 is 3.00 bits per heavy atom. The van der Waals surface area contributed by atoms with E-state index in [4.69, 9.17) is 4.74 Å². The van der Waals surface area contributed by atoms with Crippen LogP contribution in [0.5, 0.6) is 0 Å². The van der Waals surface area contributed by atoms with Crippen molar-refractivity contribution < 1.29 is 14.3 Å². The van der Waals surface area contributed by atoms with Gasteiger partial charge in [-0.1, -0.05) is 0 Å². The van der Waals surface area contributed by atoms with Gasteiger partial charge in [-0.3, -0.25) is 4.79 Å². The maximum atomic E-state index is 12.3. The molecular weight excluding hydrogens is 276 g/mol. The van der Waals surface area contributed by atoms with E-state index in [1.54, 1.807) is 18.4 Å². The van der Waals surface area contributed by atoms with Crippen LogP contribution in [-0.2, 0) is 9.53 Å². The highest BCUT2D eigenvalue weighted by atomic mass is 32.1. The molecule has 0 spiro atoms. The minimum atomic E-state index is -0.380. The Kier molecular flexibility index (Phi) is 3.76. The second kappa shape index (κ2) is 5.54. The van der Waals surface area contributed by atoms with Gasteiger partial charge in [-0.2, -0.15) is 0 Å². The average molecular weight is 294 g/mol. The van der Waals surface area contributed by atoms with Gasteiger partial charge in [-0.15, -0.1) is 11.3 Å². The van der Waals surface area contributed by atoms with Crippen LogP contribution in [0.3, 0.4) is 0 Å². The summed E-state index contributed by atoms with van der Waals surface area (Å²) in [4.78, 5) is 24.1. The van der Waals surface area contributed by atoms with E-state index < -0.39 is 0 Å². The van der Waals surface area contributed by atoms with Crippen molar-refractivity contribution in [2.75, 3.05) is 11.9 Å². The molecule has 2 saturated heterocycles. The van der Waals surface area contributed by atoms with Crippen molar-refractivity contribution in [3.8, 4) is 0 Å². The summed E-state index contributed by atoms with van der Waals surface area (Å²) in [5.41, 5.74) is 0.446. The van der Waals surface area contributed by atoms with E-state index in [0.29, 0.717) is 29.3 Å². The summed E-state index contributed by atoms with van der Waals surface area (Å²) < 4.78 is 4.99. The van der Waals surface area contributed by atoms with Gasteiger partial charge >= 0.3 is 5.97 Å². The third-order valence-electron chi connectivity index (χ3n) is 4.03. The third kappa shape index (κ3) is 2.45. The molecule has 108 valence electrons. The number of carbonyl (C=O) groups excluding carboxylic acids is 2. The van der Waals surface area contributed by atoms with Gasteiger partial charge in [-0.25, -0.2) is 4.79 Å². The molecule has 3 heterocycles. The standard InChI is InChI=1S/C14H18N2O3S/c1-2-19-14(18)9-5-6-20-13(9)16-12(17)10-7-8-3-4-11(10)15-8/h5-6,8,10-11,15H,2-4,7H2,1H3,(H,16,17). The molecule has 20 heavy (non-hydrogen) atoms. The molecule has 0 aromatic carbocycles. The van der Waals surface area contributed by atoms with E-state index in [1.807, 2.05) is 0 Å². The zero-order valence-corrected chi connectivity index (χ0v) is 12.2. The molecular formula is C14H18N2O3S. The van der Waals surface area contributed by atoms with Gasteiger partial charge in [0.05, 0.1) is 18.1 Å². The molecule has 0 radical (unpaired) electrons. The summed E-state index contributed by atoms with van der Waals surface area (Å²) in [7, 11) is 0. The van der Waals surface area contributed by atoms with Crippen molar-refractivity contribution in [2.45, 2.75) is 38.3 Å². The summed E-state index contributed by atoms with van der Waals surface area (Å²) in [6.45, 7) is 2.10. The fourth-order valence-electron chi connectivity index (χ4n) is 3.09. The van der Waals surface area contributed by atoms with Crippen molar-refractivity contribution in [1.29, 1.82) is 0 Å². The number of fused-ring (bicyclic) bond motifs is 2. The molecule has 6 heteroatoms. The number of anilines is 1. The Bertz CT molecular complexity index is 528. The maximum Gasteiger partial charge on any atom is 0.341 e. The number of esters is 1. The van der Waals surface area contributed by atoms with Crippen molar-refractivity contribution >= 4 is 28.2 Å². The summed E-state index contributed by atoms with van der Waals surface area (Å²) >= 11 is 1.36. The van der Waals surface area contributed by atoms with Gasteiger partial charge < -0.3 is 15.4 Å². The molecule has 1 aromatic heterocycles. The molecule has 3 rings (SSSR count). The lowest BCUT2D eigenvalue weighted by Gasteiger charge is -2.19. The van der Waals surface area contributed by atoms with E-state index in [2.05, 4.69) is 10.6 Å². The van der Waals surface area contributed by atoms with E-state index in [9.17, 15) is 9.59 Å². The lowest BCUT2D eigenvalue weighted by atomic mass is 9.88. The minimum absolute atomic E-state index is 0.0118. The van der Waals surface area contributed by atoms with E-state index in [1.165, 1.54) is 17.8 Å². The second-order valence-electron chi connectivity index (χ2n) is 5.26. The molecule has 2 aliphatic heterocycles. The number of rotatable bonds is 4. The fraction of sp³-hybridized carbons (Fsp3) is 0.571. The monoisotopic (exact) mass is 294 g/mol. The zero-order chi connectivity index (χ0) is 14.1. The van der Waals surface area contributed by atoms with Gasteiger partial charge in [0.15, 0.2) is 0 Å². The van der Waals surface area contributed by atoms with Crippen molar-refractivity contribution in [3.05, 3.63) is 17.0 Å². The normalized spacial score (nSPS) is 27.6. The molecule has 3 atom stereocenters. The van der Waals surface area contributed by atoms with Crippen LogP contribution in [0.25, 0.3) is 0 Å². The van der Waals surface area contributed by atoms with Gasteiger partial charge in [0.2, 0.25) is 5.91 Å². The number of amides is 1. The molecule has 0 aliphatic carbocycles. The Morgan fingerprint density at radius 1 is 1.50 bits per heavy atom. The molecule has 2 bridgehead atoms. The summed E-state index contributed by atoms with van der Waals surface area (Å²) in [5.74, 6) is -0.348. The van der Waals surface area contributed by atoms with Gasteiger partial charge in [0, 0.05) is 12.1 Å². The summed E-state index contributed by atoms with van der Waals surface area (Å²) in [5, 5.41) is 8.73. The van der Waals surface area contributed by atoms with Crippen LogP contribution in [0.4, 0.5) is 5.00 Å². The Labute approximate surface area is 121 Å². The van der Waals surface area contributed by atoms with Crippen molar-refractivity contribution in [3.63, 3.8) is 0 Å². The number of hydrogen-bond donors (Lipinski definition) is 2. The fourth-order valence-corrected chi connectivity index (χ4v) is 3.87. The lowest BCUT2D eigenvalue weighted by Crippen LogP contribution is -2.33. The zero-order valence-electron chi connectivity index (χ0n) is 11.3. The van der Waals surface area contributed by atoms with Gasteiger partial charge in [0.1, 0.15) is 5.00 Å². The van der Waals surface area contributed by atoms with Crippen LogP contribution >= 0.6 is 11.3 Å². The molecule has 2 fully saturated rings. The van der Waals surface area contributed by atoms with Crippen LogP contribution in [0.1, 0.15) is 36.5 Å². The maximum absolute atomic E-state index is 12.3. The molecule has 1 aromatic rings. The van der Waals surface area contributed by atoms with Gasteiger partial charge in [0.25, 0.3) is 0 Å². The average Bonchev–Trinajstić information content (AvgIpc) is 3.14. The number of hydrogen-bond acceptors (Lipinski definition) is 5. The lowest BCUT2D eigenvalue weighted by molar-refractivity contribution is -0.120. The van der Waals surface area contributed by atoms with Crippen LogP contribution in [-0.4, -0.2) is 30.6 Å². The van der Waals surface area contributed by atoms with Crippen molar-refractivity contribution in [2.24, 2.45) is 5.92 Å². The molecule has 3 unspecified atom stereocenters. The molecule has 2 aliphatic rings. The smallest absolute Gasteiger partial charge is 0.341 e. The number of carbonyl (C=O) groups is 2. The minimum Gasteiger partial charge on any atom is -0.462 e. The number of nitrogens with one attached hydrogen (secondary N) is 2. The largest absolute Gasteiger partial charge is 0.462 e. The molecule has 0 saturated carbocycles. The number of ether oxygens (including phenoxy) is 1. The Hall–Kier alpha value is -1.40. The van der Waals surface area contributed by atoms with Crippen LogP contribution in [0.15, 0.2) is 11.4 Å². The van der Waals surface area contributed by atoms with E-state index >= 15 is 0 Å². The highest BCUT2D eigenvalue weighted by Gasteiger charge is 2.42. The summed E-state index contributed by atoms with van der Waals surface area (Å²) in [6.07, 6.45) is 3.13. The van der Waals surface area contributed by atoms with E-state index in [-0.39, 0.29) is 17.8 Å². The Balaban J connectivity index is 1.67. The van der Waals surface area contributed by atoms with Crippen LogP contribution in [0.2, 0.25) is 0 Å². The third-order valence-corrected chi connectivity index (χ3v) is 4.86. The summed E-state index contributed by atoms with van der Waals surface area (Å²) in [6, 6.07) is 2.48. The predicted octanol–water partition coefficient (Wildman–Crippen LogP) is 2.00. The first-order chi connectivity index (χ1) is 9.69. The van der Waals surface area contributed by atoms with Gasteiger partial charge in [-0.05, 0) is 37.6 Å². The first-order valence-electron chi connectivity index (χ1n) is 7.00. The van der Waals surface area contributed by atoms with Crippen molar-refractivity contribution in [1.82, 2.24) is 5.32 Å². The highest BCUT2D eigenvalue weighted by Crippen LogP contribution is 2.34. The Morgan fingerprint density at radius 2 is 2.35 bits per heavy atom. The van der Waals surface area contributed by atoms with E-state index in [0.717, 1.165) is 12.8 Å². The van der Waals surface area contributed by atoms with Crippen LogP contribution in [0, 0.1) is 5.92 Å². The quantitative estimate of drug-likeness (QED) is 0.834.